The number of hydrogen-bond donors (Lipinski definition) is 0. The molecule has 2 aromatic carbocycles. The van der Waals surface area contributed by atoms with Crippen LogP contribution < -0.4 is 0 Å². The second kappa shape index (κ2) is 5.47. The molecule has 1 heterocycles. The second-order valence-corrected chi connectivity index (χ2v) is 6.00. The quantitative estimate of drug-likeness (QED) is 0.767. The Hall–Kier alpha value is -1.90. The summed E-state index contributed by atoms with van der Waals surface area (Å²) in [6.45, 7) is 5.08. The smallest absolute Gasteiger partial charge is 0.254 e. The first-order valence-corrected chi connectivity index (χ1v) is 7.58. The van der Waals surface area contributed by atoms with Gasteiger partial charge in [-0.2, -0.15) is 0 Å². The Morgan fingerprint density at radius 1 is 1.14 bits per heavy atom. The zero-order valence-corrected chi connectivity index (χ0v) is 12.5. The molecule has 2 nitrogen and oxygen atoms in total. The molecule has 0 radical (unpaired) electrons. The SMILES string of the molecule is CC1CCCN(C(=O)c2ccc(F)c3ccccc23)C1C. The molecule has 1 aliphatic rings. The lowest BCUT2D eigenvalue weighted by Gasteiger charge is -2.38. The van der Waals surface area contributed by atoms with E-state index in [1.807, 2.05) is 17.0 Å². The highest BCUT2D eigenvalue weighted by atomic mass is 19.1. The second-order valence-electron chi connectivity index (χ2n) is 6.00. The average Bonchev–Trinajstić information content (AvgIpc) is 2.50. The maximum atomic E-state index is 13.9. The molecule has 1 saturated heterocycles. The molecule has 1 aliphatic heterocycles. The fourth-order valence-electron chi connectivity index (χ4n) is 3.23. The van der Waals surface area contributed by atoms with Crippen LogP contribution in [0.1, 0.15) is 37.0 Å². The first kappa shape index (κ1) is 14.1. The third-order valence-electron chi connectivity index (χ3n) is 4.74. The molecule has 1 amide bonds. The van der Waals surface area contributed by atoms with Crippen molar-refractivity contribution in [1.82, 2.24) is 4.90 Å². The summed E-state index contributed by atoms with van der Waals surface area (Å²) in [4.78, 5) is 14.8. The van der Waals surface area contributed by atoms with Crippen molar-refractivity contribution in [1.29, 1.82) is 0 Å². The topological polar surface area (TPSA) is 20.3 Å². The standard InChI is InChI=1S/C18H20FNO/c1-12-6-5-11-20(13(12)2)18(21)16-9-10-17(19)15-8-4-3-7-14(15)16/h3-4,7-10,12-13H,5-6,11H2,1-2H3. The fourth-order valence-corrected chi connectivity index (χ4v) is 3.23. The minimum absolute atomic E-state index is 0.0188. The first-order chi connectivity index (χ1) is 10.1. The van der Waals surface area contributed by atoms with Gasteiger partial charge in [-0.1, -0.05) is 31.2 Å². The molecule has 0 aromatic heterocycles. The Morgan fingerprint density at radius 2 is 1.86 bits per heavy atom. The van der Waals surface area contributed by atoms with Gasteiger partial charge in [-0.25, -0.2) is 4.39 Å². The number of hydrogen-bond acceptors (Lipinski definition) is 1. The predicted molar refractivity (Wildman–Crippen MR) is 82.8 cm³/mol. The van der Waals surface area contributed by atoms with Gasteiger partial charge in [-0.05, 0) is 43.2 Å². The van der Waals surface area contributed by atoms with Crippen LogP contribution in [0.15, 0.2) is 36.4 Å². The summed E-state index contributed by atoms with van der Waals surface area (Å²) in [5.74, 6) is 0.252. The number of carbonyl (C=O) groups is 1. The van der Waals surface area contributed by atoms with Crippen LogP contribution in [0.25, 0.3) is 10.8 Å². The van der Waals surface area contributed by atoms with Crippen LogP contribution in [0.2, 0.25) is 0 Å². The molecule has 0 N–H and O–H groups in total. The molecule has 0 aliphatic carbocycles. The molecule has 2 atom stereocenters. The van der Waals surface area contributed by atoms with E-state index in [9.17, 15) is 9.18 Å². The molecular weight excluding hydrogens is 265 g/mol. The van der Waals surface area contributed by atoms with E-state index in [4.69, 9.17) is 0 Å². The Bertz CT molecular complexity index is 682. The van der Waals surface area contributed by atoms with E-state index in [0.29, 0.717) is 22.3 Å². The number of nitrogens with zero attached hydrogens (tertiary/aromatic N) is 1. The molecule has 0 bridgehead atoms. The number of rotatable bonds is 1. The van der Waals surface area contributed by atoms with Crippen LogP contribution in [0.5, 0.6) is 0 Å². The maximum Gasteiger partial charge on any atom is 0.254 e. The molecule has 0 saturated carbocycles. The number of amides is 1. The number of halogens is 1. The lowest BCUT2D eigenvalue weighted by molar-refractivity contribution is 0.0553. The van der Waals surface area contributed by atoms with Crippen LogP contribution in [0.4, 0.5) is 4.39 Å². The monoisotopic (exact) mass is 285 g/mol. The molecule has 2 unspecified atom stereocenters. The number of fused-ring (bicyclic) bond motifs is 1. The average molecular weight is 285 g/mol. The summed E-state index contributed by atoms with van der Waals surface area (Å²) >= 11 is 0. The van der Waals surface area contributed by atoms with Gasteiger partial charge in [0.1, 0.15) is 5.82 Å². The maximum absolute atomic E-state index is 13.9. The summed E-state index contributed by atoms with van der Waals surface area (Å²) in [6, 6.07) is 10.4. The van der Waals surface area contributed by atoms with Gasteiger partial charge in [0.15, 0.2) is 0 Å². The van der Waals surface area contributed by atoms with Crippen LogP contribution in [-0.4, -0.2) is 23.4 Å². The Morgan fingerprint density at radius 3 is 2.62 bits per heavy atom. The van der Waals surface area contributed by atoms with Crippen LogP contribution in [0, 0.1) is 11.7 Å². The number of likely N-dealkylation sites (tertiary alicyclic amines) is 1. The Labute approximate surface area is 124 Å². The highest BCUT2D eigenvalue weighted by Gasteiger charge is 2.29. The summed E-state index contributed by atoms with van der Waals surface area (Å²) in [5, 5.41) is 1.22. The molecule has 3 rings (SSSR count). The van der Waals surface area contributed by atoms with Gasteiger partial charge in [0.25, 0.3) is 5.91 Å². The molecule has 1 fully saturated rings. The van der Waals surface area contributed by atoms with Gasteiger partial charge in [0.05, 0.1) is 0 Å². The molecule has 21 heavy (non-hydrogen) atoms. The molecule has 110 valence electrons. The van der Waals surface area contributed by atoms with E-state index in [1.54, 1.807) is 18.2 Å². The lowest BCUT2D eigenvalue weighted by Crippen LogP contribution is -2.46. The van der Waals surface area contributed by atoms with E-state index in [0.717, 1.165) is 19.4 Å². The molecule has 2 aromatic rings. The molecule has 3 heteroatoms. The van der Waals surface area contributed by atoms with Crippen molar-refractivity contribution in [3.63, 3.8) is 0 Å². The number of carbonyl (C=O) groups excluding carboxylic acids is 1. The van der Waals surface area contributed by atoms with Gasteiger partial charge in [0, 0.05) is 23.5 Å². The summed E-state index contributed by atoms with van der Waals surface area (Å²) in [5.41, 5.74) is 0.605. The Kier molecular flexibility index (Phi) is 3.66. The lowest BCUT2D eigenvalue weighted by atomic mass is 9.91. The first-order valence-electron chi connectivity index (χ1n) is 7.58. The van der Waals surface area contributed by atoms with Crippen molar-refractivity contribution in [3.8, 4) is 0 Å². The van der Waals surface area contributed by atoms with Gasteiger partial charge in [-0.15, -0.1) is 0 Å². The van der Waals surface area contributed by atoms with E-state index in [-0.39, 0.29) is 17.8 Å². The number of benzene rings is 2. The van der Waals surface area contributed by atoms with Crippen LogP contribution >= 0.6 is 0 Å². The van der Waals surface area contributed by atoms with Crippen molar-refractivity contribution < 1.29 is 9.18 Å². The van der Waals surface area contributed by atoms with Gasteiger partial charge < -0.3 is 4.90 Å². The predicted octanol–water partition coefficient (Wildman–Crippen LogP) is 4.24. The van der Waals surface area contributed by atoms with E-state index in [1.165, 1.54) is 6.07 Å². The zero-order chi connectivity index (χ0) is 15.0. The highest BCUT2D eigenvalue weighted by Crippen LogP contribution is 2.28. The van der Waals surface area contributed by atoms with Crippen molar-refractivity contribution in [2.75, 3.05) is 6.54 Å². The van der Waals surface area contributed by atoms with Gasteiger partial charge >= 0.3 is 0 Å². The largest absolute Gasteiger partial charge is 0.336 e. The normalized spacial score (nSPS) is 22.5. The minimum atomic E-state index is -0.276. The Balaban J connectivity index is 2.04. The van der Waals surface area contributed by atoms with Crippen molar-refractivity contribution in [2.24, 2.45) is 5.92 Å². The summed E-state index contributed by atoms with van der Waals surface area (Å²) < 4.78 is 13.9. The van der Waals surface area contributed by atoms with Crippen LogP contribution in [-0.2, 0) is 0 Å². The third kappa shape index (κ3) is 2.41. The minimum Gasteiger partial charge on any atom is -0.336 e. The van der Waals surface area contributed by atoms with E-state index >= 15 is 0 Å². The zero-order valence-electron chi connectivity index (χ0n) is 12.5. The fraction of sp³-hybridized carbons (Fsp3) is 0.389. The summed E-state index contributed by atoms with van der Waals surface area (Å²) in [6.07, 6.45) is 2.20. The van der Waals surface area contributed by atoms with Crippen molar-refractivity contribution in [2.45, 2.75) is 32.7 Å². The summed E-state index contributed by atoms with van der Waals surface area (Å²) in [7, 11) is 0. The number of piperidine rings is 1. The van der Waals surface area contributed by atoms with Crippen molar-refractivity contribution >= 4 is 16.7 Å². The molecular formula is C18H20FNO. The highest BCUT2D eigenvalue weighted by molar-refractivity contribution is 6.07. The third-order valence-corrected chi connectivity index (χ3v) is 4.74. The van der Waals surface area contributed by atoms with Gasteiger partial charge in [-0.3, -0.25) is 4.79 Å². The van der Waals surface area contributed by atoms with E-state index in [2.05, 4.69) is 13.8 Å². The van der Waals surface area contributed by atoms with Crippen LogP contribution in [0.3, 0.4) is 0 Å². The molecule has 0 spiro atoms. The van der Waals surface area contributed by atoms with E-state index < -0.39 is 0 Å². The van der Waals surface area contributed by atoms with Gasteiger partial charge in [0.2, 0.25) is 0 Å². The van der Waals surface area contributed by atoms with Crippen molar-refractivity contribution in [3.05, 3.63) is 47.8 Å².